The van der Waals surface area contributed by atoms with Crippen LogP contribution in [0, 0.1) is 0 Å². The van der Waals surface area contributed by atoms with Crippen molar-refractivity contribution in [3.8, 4) is 0 Å². The van der Waals surface area contributed by atoms with Gasteiger partial charge >= 0.3 is 5.97 Å². The molecule has 0 radical (unpaired) electrons. The third-order valence-electron chi connectivity index (χ3n) is 2.54. The SMILES string of the molecule is O=C(CSc1ccccc1C(=O)O)NNC(=O)c1cccs1. The topological polar surface area (TPSA) is 95.5 Å². The molecule has 0 fully saturated rings. The molecule has 0 aliphatic heterocycles. The van der Waals surface area contributed by atoms with E-state index in [9.17, 15) is 14.4 Å². The van der Waals surface area contributed by atoms with Gasteiger partial charge in [0, 0.05) is 4.90 Å². The zero-order valence-corrected chi connectivity index (χ0v) is 12.9. The highest BCUT2D eigenvalue weighted by Crippen LogP contribution is 2.22. The highest BCUT2D eigenvalue weighted by Gasteiger charge is 2.12. The number of nitrogens with one attached hydrogen (secondary N) is 2. The lowest BCUT2D eigenvalue weighted by Crippen LogP contribution is -2.42. The molecule has 2 aromatic rings. The Hall–Kier alpha value is -2.32. The van der Waals surface area contributed by atoms with E-state index in [0.29, 0.717) is 9.77 Å². The van der Waals surface area contributed by atoms with E-state index in [1.54, 1.807) is 35.7 Å². The normalized spacial score (nSPS) is 10.0. The molecule has 0 atom stereocenters. The fourth-order valence-electron chi connectivity index (χ4n) is 1.54. The maximum atomic E-state index is 11.7. The largest absolute Gasteiger partial charge is 0.478 e. The first-order chi connectivity index (χ1) is 10.6. The van der Waals surface area contributed by atoms with E-state index in [2.05, 4.69) is 10.9 Å². The van der Waals surface area contributed by atoms with Crippen molar-refractivity contribution in [1.29, 1.82) is 0 Å². The van der Waals surface area contributed by atoms with Crippen LogP contribution in [0.1, 0.15) is 20.0 Å². The number of aromatic carboxylic acids is 1. The standard InChI is InChI=1S/C14H12N2O4S2/c17-12(15-16-13(18)11-6-3-7-21-11)8-22-10-5-2-1-4-9(10)14(19)20/h1-7H,8H2,(H,15,17)(H,16,18)(H,19,20). The molecule has 2 rings (SSSR count). The summed E-state index contributed by atoms with van der Waals surface area (Å²) in [5.41, 5.74) is 4.73. The van der Waals surface area contributed by atoms with Crippen LogP contribution in [0.25, 0.3) is 0 Å². The Kier molecular flexibility index (Phi) is 5.56. The summed E-state index contributed by atoms with van der Waals surface area (Å²) in [6, 6.07) is 9.80. The fourth-order valence-corrected chi connectivity index (χ4v) is 3.01. The van der Waals surface area contributed by atoms with Crippen molar-refractivity contribution >= 4 is 40.9 Å². The van der Waals surface area contributed by atoms with Crippen molar-refractivity contribution in [2.75, 3.05) is 5.75 Å². The van der Waals surface area contributed by atoms with Gasteiger partial charge in [0.25, 0.3) is 5.91 Å². The molecule has 6 nitrogen and oxygen atoms in total. The molecule has 0 aliphatic carbocycles. The molecule has 0 bridgehead atoms. The number of hydrazine groups is 1. The molecule has 0 spiro atoms. The summed E-state index contributed by atoms with van der Waals surface area (Å²) >= 11 is 2.36. The van der Waals surface area contributed by atoms with Crippen LogP contribution in [0.15, 0.2) is 46.7 Å². The molecule has 0 unspecified atom stereocenters. The Morgan fingerprint density at radius 1 is 1.09 bits per heavy atom. The molecule has 1 heterocycles. The van der Waals surface area contributed by atoms with Crippen LogP contribution in [0.4, 0.5) is 0 Å². The number of amides is 2. The van der Waals surface area contributed by atoms with E-state index in [0.717, 1.165) is 11.8 Å². The smallest absolute Gasteiger partial charge is 0.336 e. The summed E-state index contributed by atoms with van der Waals surface area (Å²) < 4.78 is 0. The van der Waals surface area contributed by atoms with Crippen LogP contribution in [0.5, 0.6) is 0 Å². The van der Waals surface area contributed by atoms with Crippen molar-refractivity contribution in [2.45, 2.75) is 4.90 Å². The van der Waals surface area contributed by atoms with Crippen LogP contribution in [-0.4, -0.2) is 28.6 Å². The lowest BCUT2D eigenvalue weighted by Gasteiger charge is -2.07. The van der Waals surface area contributed by atoms with Crippen molar-refractivity contribution in [3.63, 3.8) is 0 Å². The van der Waals surface area contributed by atoms with E-state index in [1.807, 2.05) is 0 Å². The van der Waals surface area contributed by atoms with Crippen LogP contribution >= 0.6 is 23.1 Å². The molecule has 2 amide bonds. The number of benzene rings is 1. The Balaban J connectivity index is 1.83. The Morgan fingerprint density at radius 2 is 1.86 bits per heavy atom. The molecule has 114 valence electrons. The Morgan fingerprint density at radius 3 is 2.55 bits per heavy atom. The first-order valence-corrected chi connectivity index (χ1v) is 8.02. The van der Waals surface area contributed by atoms with Gasteiger partial charge in [-0.1, -0.05) is 18.2 Å². The van der Waals surface area contributed by atoms with Gasteiger partial charge in [0.15, 0.2) is 0 Å². The van der Waals surface area contributed by atoms with Gasteiger partial charge in [-0.05, 0) is 23.6 Å². The quantitative estimate of drug-likeness (QED) is 0.573. The summed E-state index contributed by atoms with van der Waals surface area (Å²) in [4.78, 5) is 35.3. The lowest BCUT2D eigenvalue weighted by atomic mass is 10.2. The van der Waals surface area contributed by atoms with Crippen molar-refractivity contribution in [2.24, 2.45) is 0 Å². The first kappa shape index (κ1) is 16.1. The monoisotopic (exact) mass is 336 g/mol. The van der Waals surface area contributed by atoms with Crippen molar-refractivity contribution < 1.29 is 19.5 Å². The van der Waals surface area contributed by atoms with Gasteiger partial charge in [-0.15, -0.1) is 23.1 Å². The molecule has 0 saturated heterocycles. The van der Waals surface area contributed by atoms with Gasteiger partial charge in [0.2, 0.25) is 5.91 Å². The zero-order chi connectivity index (χ0) is 15.9. The van der Waals surface area contributed by atoms with Gasteiger partial charge in [0.05, 0.1) is 16.2 Å². The first-order valence-electron chi connectivity index (χ1n) is 6.15. The van der Waals surface area contributed by atoms with Crippen molar-refractivity contribution in [1.82, 2.24) is 10.9 Å². The molecular formula is C14H12N2O4S2. The van der Waals surface area contributed by atoms with E-state index in [4.69, 9.17) is 5.11 Å². The summed E-state index contributed by atoms with van der Waals surface area (Å²) in [7, 11) is 0. The lowest BCUT2D eigenvalue weighted by molar-refractivity contribution is -0.119. The van der Waals surface area contributed by atoms with Crippen LogP contribution in [-0.2, 0) is 4.79 Å². The second-order valence-corrected chi connectivity index (χ2v) is 6.03. The summed E-state index contributed by atoms with van der Waals surface area (Å²) in [6.07, 6.45) is 0. The van der Waals surface area contributed by atoms with E-state index in [-0.39, 0.29) is 17.2 Å². The number of hydrogen-bond donors (Lipinski definition) is 3. The number of carboxylic acids is 1. The molecule has 0 saturated carbocycles. The van der Waals surface area contributed by atoms with Crippen LogP contribution in [0.3, 0.4) is 0 Å². The van der Waals surface area contributed by atoms with Gasteiger partial charge in [-0.2, -0.15) is 0 Å². The van der Waals surface area contributed by atoms with Crippen LogP contribution in [0.2, 0.25) is 0 Å². The average Bonchev–Trinajstić information content (AvgIpc) is 3.05. The predicted molar refractivity (Wildman–Crippen MR) is 84.1 cm³/mol. The minimum Gasteiger partial charge on any atom is -0.478 e. The predicted octanol–water partition coefficient (Wildman–Crippen LogP) is 2.00. The number of carbonyl (C=O) groups is 3. The van der Waals surface area contributed by atoms with E-state index >= 15 is 0 Å². The Bertz CT molecular complexity index is 686. The molecule has 0 aliphatic rings. The maximum Gasteiger partial charge on any atom is 0.336 e. The number of carbonyl (C=O) groups excluding carboxylic acids is 2. The molecule has 22 heavy (non-hydrogen) atoms. The summed E-state index contributed by atoms with van der Waals surface area (Å²) in [5.74, 6) is -1.86. The second kappa shape index (κ2) is 7.62. The van der Waals surface area contributed by atoms with Crippen LogP contribution < -0.4 is 10.9 Å². The third-order valence-corrected chi connectivity index (χ3v) is 4.48. The molecular weight excluding hydrogens is 324 g/mol. The minimum absolute atomic E-state index is 0.00495. The van der Waals surface area contributed by atoms with E-state index < -0.39 is 11.9 Å². The Labute approximate surface area is 134 Å². The third kappa shape index (κ3) is 4.34. The highest BCUT2D eigenvalue weighted by atomic mass is 32.2. The summed E-state index contributed by atoms with van der Waals surface area (Å²) in [6.45, 7) is 0. The number of hydrogen-bond acceptors (Lipinski definition) is 5. The number of carboxylic acid groups (broad SMARTS) is 1. The minimum atomic E-state index is -1.05. The maximum absolute atomic E-state index is 11.7. The van der Waals surface area contributed by atoms with Crippen molar-refractivity contribution in [3.05, 3.63) is 52.2 Å². The average molecular weight is 336 g/mol. The highest BCUT2D eigenvalue weighted by molar-refractivity contribution is 8.00. The van der Waals surface area contributed by atoms with E-state index in [1.165, 1.54) is 17.4 Å². The summed E-state index contributed by atoms with van der Waals surface area (Å²) in [5, 5.41) is 10.8. The molecule has 1 aromatic heterocycles. The van der Waals surface area contributed by atoms with Gasteiger partial charge in [-0.25, -0.2) is 4.79 Å². The number of thiophene rings is 1. The fraction of sp³-hybridized carbons (Fsp3) is 0.0714. The van der Waals surface area contributed by atoms with Gasteiger partial charge in [-0.3, -0.25) is 20.4 Å². The molecule has 8 heteroatoms. The van der Waals surface area contributed by atoms with Gasteiger partial charge in [0.1, 0.15) is 0 Å². The molecule has 3 N–H and O–H groups in total. The number of thioether (sulfide) groups is 1. The molecule has 1 aromatic carbocycles. The van der Waals surface area contributed by atoms with Gasteiger partial charge < -0.3 is 5.11 Å². The zero-order valence-electron chi connectivity index (χ0n) is 11.2. The number of rotatable bonds is 5. The second-order valence-electron chi connectivity index (χ2n) is 4.07.